The number of hydrogen-bond acceptors (Lipinski definition) is 3. The van der Waals surface area contributed by atoms with Crippen molar-refractivity contribution in [1.29, 1.82) is 0 Å². The van der Waals surface area contributed by atoms with Crippen LogP contribution in [0.5, 0.6) is 0 Å². The molecule has 2 rings (SSSR count). The molecule has 1 aromatic rings. The molecular weight excluding hydrogens is 246 g/mol. The van der Waals surface area contributed by atoms with Crippen LogP contribution in [0.1, 0.15) is 38.7 Å². The maximum atomic E-state index is 5.67. The molecule has 20 heavy (non-hydrogen) atoms. The first-order valence-corrected chi connectivity index (χ1v) is 7.98. The Labute approximate surface area is 123 Å². The van der Waals surface area contributed by atoms with Gasteiger partial charge in [-0.15, -0.1) is 0 Å². The summed E-state index contributed by atoms with van der Waals surface area (Å²) in [4.78, 5) is 5.09. The molecule has 1 fully saturated rings. The lowest BCUT2D eigenvalue weighted by Crippen LogP contribution is -2.34. The van der Waals surface area contributed by atoms with E-state index >= 15 is 0 Å². The van der Waals surface area contributed by atoms with E-state index in [0.29, 0.717) is 12.6 Å². The standard InChI is InChI=1S/C17H29N3/c1-15(2)20(13-5-12-19-10-3-4-11-19)17-8-6-16(14-18)7-9-17/h6-9,15H,3-5,10-14,18H2,1-2H3. The van der Waals surface area contributed by atoms with Gasteiger partial charge in [-0.05, 0) is 70.4 Å². The van der Waals surface area contributed by atoms with Gasteiger partial charge in [-0.2, -0.15) is 0 Å². The maximum Gasteiger partial charge on any atom is 0.0368 e. The third kappa shape index (κ3) is 4.22. The summed E-state index contributed by atoms with van der Waals surface area (Å²) in [5.41, 5.74) is 8.19. The van der Waals surface area contributed by atoms with Crippen molar-refractivity contribution in [3.63, 3.8) is 0 Å². The molecule has 0 amide bonds. The van der Waals surface area contributed by atoms with E-state index in [9.17, 15) is 0 Å². The minimum atomic E-state index is 0.539. The molecule has 3 nitrogen and oxygen atoms in total. The summed E-state index contributed by atoms with van der Waals surface area (Å²) in [6.07, 6.45) is 4.01. The fraction of sp³-hybridized carbons (Fsp3) is 0.647. The Morgan fingerprint density at radius 1 is 1.15 bits per heavy atom. The van der Waals surface area contributed by atoms with Crippen LogP contribution in [0.4, 0.5) is 5.69 Å². The van der Waals surface area contributed by atoms with Gasteiger partial charge in [0.05, 0.1) is 0 Å². The molecular formula is C17H29N3. The number of benzene rings is 1. The van der Waals surface area contributed by atoms with Crippen molar-refractivity contribution in [3.05, 3.63) is 29.8 Å². The monoisotopic (exact) mass is 275 g/mol. The van der Waals surface area contributed by atoms with Gasteiger partial charge in [0.25, 0.3) is 0 Å². The van der Waals surface area contributed by atoms with E-state index in [-0.39, 0.29) is 0 Å². The Hall–Kier alpha value is -1.06. The van der Waals surface area contributed by atoms with Crippen molar-refractivity contribution in [2.24, 2.45) is 5.73 Å². The predicted octanol–water partition coefficient (Wildman–Crippen LogP) is 2.85. The largest absolute Gasteiger partial charge is 0.369 e. The maximum absolute atomic E-state index is 5.67. The van der Waals surface area contributed by atoms with Gasteiger partial charge < -0.3 is 15.5 Å². The lowest BCUT2D eigenvalue weighted by atomic mass is 10.1. The zero-order valence-corrected chi connectivity index (χ0v) is 13.0. The van der Waals surface area contributed by atoms with Gasteiger partial charge in [-0.25, -0.2) is 0 Å². The first-order chi connectivity index (χ1) is 9.70. The second-order valence-corrected chi connectivity index (χ2v) is 6.06. The van der Waals surface area contributed by atoms with Gasteiger partial charge in [0.15, 0.2) is 0 Å². The van der Waals surface area contributed by atoms with E-state index in [1.54, 1.807) is 0 Å². The van der Waals surface area contributed by atoms with Crippen LogP contribution in [0.3, 0.4) is 0 Å². The molecule has 1 aliphatic rings. The van der Waals surface area contributed by atoms with Crippen molar-refractivity contribution < 1.29 is 0 Å². The number of nitrogens with zero attached hydrogens (tertiary/aromatic N) is 2. The summed E-state index contributed by atoms with van der Waals surface area (Å²) in [6.45, 7) is 10.1. The first-order valence-electron chi connectivity index (χ1n) is 7.98. The van der Waals surface area contributed by atoms with E-state index in [4.69, 9.17) is 5.73 Å². The highest BCUT2D eigenvalue weighted by Crippen LogP contribution is 2.18. The van der Waals surface area contributed by atoms with Crippen LogP contribution < -0.4 is 10.6 Å². The van der Waals surface area contributed by atoms with E-state index in [1.165, 1.54) is 50.1 Å². The van der Waals surface area contributed by atoms with Gasteiger partial charge in [0.1, 0.15) is 0 Å². The van der Waals surface area contributed by atoms with Crippen molar-refractivity contribution in [2.45, 2.75) is 45.7 Å². The van der Waals surface area contributed by atoms with E-state index in [2.05, 4.69) is 47.9 Å². The van der Waals surface area contributed by atoms with Crippen LogP contribution in [0.15, 0.2) is 24.3 Å². The molecule has 112 valence electrons. The molecule has 0 unspecified atom stereocenters. The molecule has 0 bridgehead atoms. The SMILES string of the molecule is CC(C)N(CCCN1CCCC1)c1ccc(CN)cc1. The molecule has 2 N–H and O–H groups in total. The van der Waals surface area contributed by atoms with Crippen LogP contribution in [0.25, 0.3) is 0 Å². The molecule has 3 heteroatoms. The molecule has 0 atom stereocenters. The normalized spacial score (nSPS) is 16.0. The topological polar surface area (TPSA) is 32.5 Å². The fourth-order valence-corrected chi connectivity index (χ4v) is 2.98. The molecule has 1 aromatic carbocycles. The molecule has 0 radical (unpaired) electrons. The molecule has 1 aliphatic heterocycles. The minimum absolute atomic E-state index is 0.539. The van der Waals surface area contributed by atoms with Crippen molar-refractivity contribution in [2.75, 3.05) is 31.1 Å². The van der Waals surface area contributed by atoms with E-state index in [1.807, 2.05) is 0 Å². The summed E-state index contributed by atoms with van der Waals surface area (Å²) in [6, 6.07) is 9.24. The Bertz CT molecular complexity index is 380. The average Bonchev–Trinajstić information content (AvgIpc) is 2.97. The first kappa shape index (κ1) is 15.3. The highest BCUT2D eigenvalue weighted by Gasteiger charge is 2.13. The highest BCUT2D eigenvalue weighted by molar-refractivity contribution is 5.48. The Kier molecular flexibility index (Phi) is 5.86. The zero-order chi connectivity index (χ0) is 14.4. The summed E-state index contributed by atoms with van der Waals surface area (Å²) in [7, 11) is 0. The number of hydrogen-bond donors (Lipinski definition) is 1. The van der Waals surface area contributed by atoms with Crippen molar-refractivity contribution in [1.82, 2.24) is 4.90 Å². The Morgan fingerprint density at radius 3 is 2.35 bits per heavy atom. The molecule has 0 aromatic heterocycles. The molecule has 0 spiro atoms. The Morgan fingerprint density at radius 2 is 1.80 bits per heavy atom. The fourth-order valence-electron chi connectivity index (χ4n) is 2.98. The van der Waals surface area contributed by atoms with Crippen LogP contribution in [-0.4, -0.2) is 37.1 Å². The third-order valence-electron chi connectivity index (χ3n) is 4.20. The van der Waals surface area contributed by atoms with Crippen molar-refractivity contribution in [3.8, 4) is 0 Å². The van der Waals surface area contributed by atoms with E-state index in [0.717, 1.165) is 6.54 Å². The number of anilines is 1. The summed E-state index contributed by atoms with van der Waals surface area (Å²) >= 11 is 0. The summed E-state index contributed by atoms with van der Waals surface area (Å²) in [5.74, 6) is 0. The quantitative estimate of drug-likeness (QED) is 0.830. The van der Waals surface area contributed by atoms with E-state index < -0.39 is 0 Å². The zero-order valence-electron chi connectivity index (χ0n) is 13.0. The number of likely N-dealkylation sites (tertiary alicyclic amines) is 1. The summed E-state index contributed by atoms with van der Waals surface area (Å²) in [5, 5.41) is 0. The van der Waals surface area contributed by atoms with Gasteiger partial charge in [-0.3, -0.25) is 0 Å². The predicted molar refractivity (Wildman–Crippen MR) is 87.1 cm³/mol. The molecule has 0 aliphatic carbocycles. The summed E-state index contributed by atoms with van der Waals surface area (Å²) < 4.78 is 0. The Balaban J connectivity index is 1.88. The van der Waals surface area contributed by atoms with Crippen LogP contribution in [0, 0.1) is 0 Å². The third-order valence-corrected chi connectivity index (χ3v) is 4.20. The van der Waals surface area contributed by atoms with Crippen molar-refractivity contribution >= 4 is 5.69 Å². The van der Waals surface area contributed by atoms with Crippen LogP contribution >= 0.6 is 0 Å². The van der Waals surface area contributed by atoms with Gasteiger partial charge in [-0.1, -0.05) is 12.1 Å². The lowest BCUT2D eigenvalue weighted by molar-refractivity contribution is 0.333. The van der Waals surface area contributed by atoms with Gasteiger partial charge in [0, 0.05) is 24.8 Å². The second kappa shape index (κ2) is 7.65. The molecule has 1 saturated heterocycles. The minimum Gasteiger partial charge on any atom is -0.369 e. The number of nitrogens with two attached hydrogens (primary N) is 1. The highest BCUT2D eigenvalue weighted by atomic mass is 15.2. The molecule has 0 saturated carbocycles. The van der Waals surface area contributed by atoms with Gasteiger partial charge >= 0.3 is 0 Å². The molecule has 1 heterocycles. The van der Waals surface area contributed by atoms with Crippen LogP contribution in [-0.2, 0) is 6.54 Å². The van der Waals surface area contributed by atoms with Crippen LogP contribution in [0.2, 0.25) is 0 Å². The number of rotatable bonds is 7. The lowest BCUT2D eigenvalue weighted by Gasteiger charge is -2.30. The smallest absolute Gasteiger partial charge is 0.0368 e. The second-order valence-electron chi connectivity index (χ2n) is 6.06. The average molecular weight is 275 g/mol. The van der Waals surface area contributed by atoms with Gasteiger partial charge in [0.2, 0.25) is 0 Å².